The highest BCUT2D eigenvalue weighted by atomic mass is 31.2. The third-order valence-corrected chi connectivity index (χ3v) is 5.31. The molecule has 1 atom stereocenters. The SMILES string of the molecule is CCCCC1=C(CCCC)OP(=O)(OCC)C(C)=C1. The molecule has 19 heavy (non-hydrogen) atoms. The summed E-state index contributed by atoms with van der Waals surface area (Å²) in [4.78, 5) is 0. The quantitative estimate of drug-likeness (QED) is 0.530. The summed E-state index contributed by atoms with van der Waals surface area (Å²) in [6.45, 7) is 8.43. The molecule has 1 heterocycles. The van der Waals surface area contributed by atoms with Gasteiger partial charge in [-0.2, -0.15) is 0 Å². The maximum Gasteiger partial charge on any atom is 0.406 e. The van der Waals surface area contributed by atoms with E-state index in [-0.39, 0.29) is 0 Å². The Morgan fingerprint density at radius 1 is 1.16 bits per heavy atom. The highest BCUT2D eigenvalue weighted by molar-refractivity contribution is 7.58. The van der Waals surface area contributed by atoms with Crippen LogP contribution in [0.2, 0.25) is 0 Å². The van der Waals surface area contributed by atoms with Crippen molar-refractivity contribution in [1.29, 1.82) is 0 Å². The van der Waals surface area contributed by atoms with E-state index in [0.29, 0.717) is 6.61 Å². The molecule has 1 aliphatic rings. The lowest BCUT2D eigenvalue weighted by atomic mass is 10.0. The highest BCUT2D eigenvalue weighted by Gasteiger charge is 2.33. The molecule has 0 aromatic carbocycles. The molecule has 0 N–H and O–H groups in total. The lowest BCUT2D eigenvalue weighted by molar-refractivity contribution is 0.246. The number of hydrogen-bond donors (Lipinski definition) is 0. The molecule has 0 saturated heterocycles. The van der Waals surface area contributed by atoms with Crippen LogP contribution >= 0.6 is 7.60 Å². The van der Waals surface area contributed by atoms with Gasteiger partial charge in [-0.25, -0.2) is 4.57 Å². The van der Waals surface area contributed by atoms with Gasteiger partial charge in [0.2, 0.25) is 0 Å². The Morgan fingerprint density at radius 3 is 2.37 bits per heavy atom. The Bertz CT molecular complexity index is 396. The van der Waals surface area contributed by atoms with Gasteiger partial charge in [-0.15, -0.1) is 0 Å². The van der Waals surface area contributed by atoms with Crippen molar-refractivity contribution >= 4 is 7.60 Å². The van der Waals surface area contributed by atoms with E-state index in [9.17, 15) is 4.57 Å². The summed E-state index contributed by atoms with van der Waals surface area (Å²) in [7, 11) is -3.07. The number of hydrogen-bond acceptors (Lipinski definition) is 3. The van der Waals surface area contributed by atoms with Crippen LogP contribution in [-0.2, 0) is 13.6 Å². The first-order chi connectivity index (χ1) is 9.07. The fourth-order valence-electron chi connectivity index (χ4n) is 2.11. The van der Waals surface area contributed by atoms with Gasteiger partial charge in [-0.05, 0) is 44.8 Å². The van der Waals surface area contributed by atoms with Gasteiger partial charge in [0.05, 0.1) is 11.9 Å². The van der Waals surface area contributed by atoms with E-state index in [1.165, 1.54) is 5.57 Å². The summed E-state index contributed by atoms with van der Waals surface area (Å²) < 4.78 is 23.8. The van der Waals surface area contributed by atoms with Crippen LogP contribution in [0.1, 0.15) is 66.2 Å². The fourth-order valence-corrected chi connectivity index (χ4v) is 3.66. The maximum absolute atomic E-state index is 12.6. The molecule has 1 unspecified atom stereocenters. The van der Waals surface area contributed by atoms with Crippen LogP contribution < -0.4 is 0 Å². The molecule has 0 fully saturated rings. The minimum atomic E-state index is -3.07. The van der Waals surface area contributed by atoms with E-state index < -0.39 is 7.60 Å². The van der Waals surface area contributed by atoms with Crippen molar-refractivity contribution in [3.8, 4) is 0 Å². The maximum atomic E-state index is 12.6. The lowest BCUT2D eigenvalue weighted by Gasteiger charge is -2.27. The molecule has 0 aromatic rings. The number of allylic oxidation sites excluding steroid dienone is 4. The molecule has 0 spiro atoms. The largest absolute Gasteiger partial charge is 0.426 e. The van der Waals surface area contributed by atoms with Crippen LogP contribution in [0, 0.1) is 0 Å². The molecule has 0 amide bonds. The predicted octanol–water partition coefficient (Wildman–Crippen LogP) is 5.78. The Labute approximate surface area is 117 Å². The number of unbranched alkanes of at least 4 members (excludes halogenated alkanes) is 2. The van der Waals surface area contributed by atoms with E-state index in [2.05, 4.69) is 13.8 Å². The van der Waals surface area contributed by atoms with E-state index in [1.54, 1.807) is 0 Å². The zero-order valence-corrected chi connectivity index (χ0v) is 13.6. The Kier molecular flexibility index (Phi) is 6.88. The van der Waals surface area contributed by atoms with Crippen LogP contribution in [0.25, 0.3) is 0 Å². The van der Waals surface area contributed by atoms with Crippen molar-refractivity contribution in [3.05, 3.63) is 22.7 Å². The van der Waals surface area contributed by atoms with Crippen molar-refractivity contribution in [2.75, 3.05) is 6.61 Å². The molecule has 110 valence electrons. The smallest absolute Gasteiger partial charge is 0.406 e. The molecule has 4 heteroatoms. The summed E-state index contributed by atoms with van der Waals surface area (Å²) in [5.41, 5.74) is 1.21. The third-order valence-electron chi connectivity index (χ3n) is 3.26. The first-order valence-electron chi connectivity index (χ1n) is 7.42. The highest BCUT2D eigenvalue weighted by Crippen LogP contribution is 2.60. The standard InChI is InChI=1S/C15H27O3P/c1-5-8-10-14-12-13(4)19(16,17-7-3)18-15(14)11-9-6-2/h12H,5-11H2,1-4H3. The van der Waals surface area contributed by atoms with Gasteiger partial charge in [-0.3, -0.25) is 4.52 Å². The summed E-state index contributed by atoms with van der Waals surface area (Å²) >= 11 is 0. The summed E-state index contributed by atoms with van der Waals surface area (Å²) in [6, 6.07) is 0. The van der Waals surface area contributed by atoms with E-state index in [4.69, 9.17) is 9.05 Å². The van der Waals surface area contributed by atoms with Gasteiger partial charge in [0.25, 0.3) is 0 Å². The minimum Gasteiger partial charge on any atom is -0.426 e. The van der Waals surface area contributed by atoms with Crippen LogP contribution in [0.4, 0.5) is 0 Å². The fraction of sp³-hybridized carbons (Fsp3) is 0.733. The average Bonchev–Trinajstić information content (AvgIpc) is 2.38. The summed E-state index contributed by atoms with van der Waals surface area (Å²) in [5.74, 6) is 0.887. The van der Waals surface area contributed by atoms with E-state index in [0.717, 1.165) is 49.6 Å². The Morgan fingerprint density at radius 2 is 1.79 bits per heavy atom. The molecule has 0 aromatic heterocycles. The first-order valence-corrected chi connectivity index (χ1v) is 8.96. The molecule has 0 saturated carbocycles. The van der Waals surface area contributed by atoms with Gasteiger partial charge < -0.3 is 4.52 Å². The van der Waals surface area contributed by atoms with Crippen molar-refractivity contribution in [2.24, 2.45) is 0 Å². The molecule has 1 aliphatic heterocycles. The van der Waals surface area contributed by atoms with Crippen LogP contribution in [0.15, 0.2) is 22.7 Å². The first kappa shape index (κ1) is 16.5. The minimum absolute atomic E-state index is 0.411. The van der Waals surface area contributed by atoms with Crippen molar-refractivity contribution in [1.82, 2.24) is 0 Å². The zero-order valence-electron chi connectivity index (χ0n) is 12.7. The zero-order chi connectivity index (χ0) is 14.3. The van der Waals surface area contributed by atoms with E-state index in [1.807, 2.05) is 19.9 Å². The molecular weight excluding hydrogens is 259 g/mol. The topological polar surface area (TPSA) is 35.5 Å². The van der Waals surface area contributed by atoms with Crippen LogP contribution in [0.5, 0.6) is 0 Å². The predicted molar refractivity (Wildman–Crippen MR) is 80.2 cm³/mol. The molecule has 3 nitrogen and oxygen atoms in total. The van der Waals surface area contributed by atoms with Crippen molar-refractivity contribution < 1.29 is 13.6 Å². The summed E-state index contributed by atoms with van der Waals surface area (Å²) in [6.07, 6.45) is 8.34. The molecular formula is C15H27O3P. The monoisotopic (exact) mass is 286 g/mol. The third kappa shape index (κ3) is 4.50. The molecule has 0 bridgehead atoms. The van der Waals surface area contributed by atoms with Crippen LogP contribution in [-0.4, -0.2) is 6.61 Å². The molecule has 0 aliphatic carbocycles. The average molecular weight is 286 g/mol. The van der Waals surface area contributed by atoms with Gasteiger partial charge in [0.1, 0.15) is 5.76 Å². The second kappa shape index (κ2) is 7.91. The Balaban J connectivity index is 2.94. The molecule has 1 rings (SSSR count). The van der Waals surface area contributed by atoms with Gasteiger partial charge in [0.15, 0.2) is 0 Å². The van der Waals surface area contributed by atoms with Crippen molar-refractivity contribution in [3.63, 3.8) is 0 Å². The van der Waals surface area contributed by atoms with Crippen molar-refractivity contribution in [2.45, 2.75) is 66.2 Å². The molecule has 0 radical (unpaired) electrons. The van der Waals surface area contributed by atoms with Gasteiger partial charge in [-0.1, -0.05) is 26.7 Å². The second-order valence-corrected chi connectivity index (χ2v) is 7.09. The lowest BCUT2D eigenvalue weighted by Crippen LogP contribution is -2.06. The number of rotatable bonds is 8. The van der Waals surface area contributed by atoms with Crippen LogP contribution in [0.3, 0.4) is 0 Å². The normalized spacial score (nSPS) is 23.3. The Hall–Kier alpha value is -0.530. The van der Waals surface area contributed by atoms with Gasteiger partial charge >= 0.3 is 7.60 Å². The van der Waals surface area contributed by atoms with E-state index >= 15 is 0 Å². The van der Waals surface area contributed by atoms with Gasteiger partial charge in [0, 0.05) is 6.42 Å². The summed E-state index contributed by atoms with van der Waals surface area (Å²) in [5, 5.41) is 0.737. The second-order valence-electron chi connectivity index (χ2n) is 4.95.